The number of benzene rings is 2. The first-order valence-corrected chi connectivity index (χ1v) is 9.20. The van der Waals surface area contributed by atoms with E-state index >= 15 is 0 Å². The van der Waals surface area contributed by atoms with Crippen LogP contribution in [0, 0.1) is 10.1 Å². The van der Waals surface area contributed by atoms with Crippen molar-refractivity contribution in [2.45, 2.75) is 12.5 Å². The van der Waals surface area contributed by atoms with Crippen LogP contribution in [0.15, 0.2) is 66.0 Å². The topological polar surface area (TPSA) is 63.4 Å². The zero-order valence-corrected chi connectivity index (χ0v) is 14.7. The van der Waals surface area contributed by atoms with Crippen molar-refractivity contribution in [3.05, 3.63) is 97.7 Å². The van der Waals surface area contributed by atoms with Gasteiger partial charge >= 0.3 is 0 Å². The van der Waals surface area contributed by atoms with Crippen molar-refractivity contribution in [3.63, 3.8) is 0 Å². The summed E-state index contributed by atoms with van der Waals surface area (Å²) in [7, 11) is 0. The Bertz CT molecular complexity index is 951. The Morgan fingerprint density at radius 1 is 1.08 bits per heavy atom. The first-order chi connectivity index (χ1) is 12.6. The summed E-state index contributed by atoms with van der Waals surface area (Å²) in [6.07, 6.45) is 0.828. The highest BCUT2D eigenvalue weighted by molar-refractivity contribution is 7.10. The van der Waals surface area contributed by atoms with E-state index in [4.69, 9.17) is 0 Å². The normalized spacial score (nSPS) is 16.2. The third-order valence-electron chi connectivity index (χ3n) is 4.67. The maximum Gasteiger partial charge on any atom is 0.269 e. The lowest BCUT2D eigenvalue weighted by Crippen LogP contribution is -2.40. The van der Waals surface area contributed by atoms with E-state index in [9.17, 15) is 14.9 Å². The van der Waals surface area contributed by atoms with Crippen molar-refractivity contribution in [3.8, 4) is 0 Å². The van der Waals surface area contributed by atoms with Crippen LogP contribution in [0.1, 0.15) is 32.4 Å². The van der Waals surface area contributed by atoms with Crippen LogP contribution in [0.2, 0.25) is 0 Å². The first kappa shape index (κ1) is 16.5. The molecule has 1 atom stereocenters. The minimum atomic E-state index is -0.459. The molecule has 2 aromatic carbocycles. The minimum absolute atomic E-state index is 0.0140. The zero-order valence-electron chi connectivity index (χ0n) is 13.9. The van der Waals surface area contributed by atoms with Gasteiger partial charge in [-0.2, -0.15) is 0 Å². The van der Waals surface area contributed by atoms with Crippen molar-refractivity contribution in [2.24, 2.45) is 0 Å². The third-order valence-corrected chi connectivity index (χ3v) is 5.66. The van der Waals surface area contributed by atoms with E-state index in [-0.39, 0.29) is 17.6 Å². The van der Waals surface area contributed by atoms with Gasteiger partial charge in [0.15, 0.2) is 0 Å². The molecule has 0 fully saturated rings. The fourth-order valence-electron chi connectivity index (χ4n) is 3.42. The highest BCUT2D eigenvalue weighted by atomic mass is 32.1. The predicted octanol–water partition coefficient (Wildman–Crippen LogP) is 4.44. The highest BCUT2D eigenvalue weighted by Gasteiger charge is 2.33. The Labute approximate surface area is 154 Å². The Morgan fingerprint density at radius 3 is 2.50 bits per heavy atom. The van der Waals surface area contributed by atoms with Gasteiger partial charge in [0.05, 0.1) is 11.0 Å². The number of non-ortho nitro benzene ring substituents is 1. The molecule has 130 valence electrons. The summed E-state index contributed by atoms with van der Waals surface area (Å²) >= 11 is 1.73. The number of thiophene rings is 1. The van der Waals surface area contributed by atoms with Gasteiger partial charge in [-0.05, 0) is 41.1 Å². The molecule has 0 bridgehead atoms. The molecule has 0 N–H and O–H groups in total. The van der Waals surface area contributed by atoms with Crippen LogP contribution >= 0.6 is 11.3 Å². The van der Waals surface area contributed by atoms with Crippen LogP contribution in [0.3, 0.4) is 0 Å². The summed E-state index contributed by atoms with van der Waals surface area (Å²) < 4.78 is 0. The van der Waals surface area contributed by atoms with Crippen molar-refractivity contribution in [1.29, 1.82) is 0 Å². The average Bonchev–Trinajstić information content (AvgIpc) is 3.16. The molecule has 1 aromatic heterocycles. The lowest BCUT2D eigenvalue weighted by Gasteiger charge is -2.36. The van der Waals surface area contributed by atoms with Gasteiger partial charge in [-0.15, -0.1) is 11.3 Å². The number of carbonyl (C=O) groups excluding carboxylic acids is 1. The maximum atomic E-state index is 13.2. The van der Waals surface area contributed by atoms with Gasteiger partial charge in [0, 0.05) is 29.1 Å². The number of nitrogens with zero attached hydrogens (tertiary/aromatic N) is 2. The molecule has 4 rings (SSSR count). The largest absolute Gasteiger partial charge is 0.327 e. The van der Waals surface area contributed by atoms with E-state index in [0.29, 0.717) is 12.1 Å². The second-order valence-electron chi connectivity index (χ2n) is 6.16. The third kappa shape index (κ3) is 2.88. The molecule has 1 aliphatic rings. The van der Waals surface area contributed by atoms with Gasteiger partial charge in [-0.3, -0.25) is 14.9 Å². The van der Waals surface area contributed by atoms with E-state index in [1.54, 1.807) is 11.3 Å². The van der Waals surface area contributed by atoms with Crippen molar-refractivity contribution in [1.82, 2.24) is 4.90 Å². The molecule has 1 aliphatic heterocycles. The number of carbonyl (C=O) groups is 1. The van der Waals surface area contributed by atoms with Crippen LogP contribution in [0.4, 0.5) is 5.69 Å². The quantitative estimate of drug-likeness (QED) is 0.510. The molecule has 0 saturated carbocycles. The minimum Gasteiger partial charge on any atom is -0.327 e. The van der Waals surface area contributed by atoms with Crippen LogP contribution in [0.25, 0.3) is 0 Å². The number of rotatable bonds is 3. The Hall–Kier alpha value is -2.99. The molecule has 6 heteroatoms. The lowest BCUT2D eigenvalue weighted by atomic mass is 9.92. The second kappa shape index (κ2) is 6.72. The number of fused-ring (bicyclic) bond motifs is 1. The molecule has 26 heavy (non-hydrogen) atoms. The number of nitro benzene ring substituents is 1. The number of hydrogen-bond donors (Lipinski definition) is 0. The van der Waals surface area contributed by atoms with Crippen molar-refractivity contribution >= 4 is 22.9 Å². The lowest BCUT2D eigenvalue weighted by molar-refractivity contribution is -0.384. The summed E-state index contributed by atoms with van der Waals surface area (Å²) in [4.78, 5) is 26.7. The van der Waals surface area contributed by atoms with Crippen molar-refractivity contribution < 1.29 is 9.72 Å². The summed E-state index contributed by atoms with van der Waals surface area (Å²) in [5.41, 5.74) is 2.69. The molecule has 2 heterocycles. The standard InChI is InChI=1S/C20H16N2O3S/c23-20(15-6-8-16(9-7-15)22(24)25)21-12-10-18-17(11-13-26-18)19(21)14-4-2-1-3-5-14/h1-9,11,13,19H,10,12H2. The van der Waals surface area contributed by atoms with Crippen molar-refractivity contribution in [2.75, 3.05) is 6.54 Å². The predicted molar refractivity (Wildman–Crippen MR) is 100 cm³/mol. The summed E-state index contributed by atoms with van der Waals surface area (Å²) in [6, 6.07) is 17.8. The van der Waals surface area contributed by atoms with Crippen LogP contribution < -0.4 is 0 Å². The average molecular weight is 364 g/mol. The summed E-state index contributed by atoms with van der Waals surface area (Å²) in [5.74, 6) is -0.106. The van der Waals surface area contributed by atoms with Gasteiger partial charge in [-0.1, -0.05) is 30.3 Å². The van der Waals surface area contributed by atoms with Gasteiger partial charge in [0.25, 0.3) is 11.6 Å². The van der Waals surface area contributed by atoms with Gasteiger partial charge in [0.1, 0.15) is 0 Å². The number of nitro groups is 1. The van der Waals surface area contributed by atoms with E-state index in [0.717, 1.165) is 12.0 Å². The molecule has 1 amide bonds. The molecule has 0 saturated heterocycles. The smallest absolute Gasteiger partial charge is 0.269 e. The molecule has 3 aromatic rings. The monoisotopic (exact) mass is 364 g/mol. The molecule has 1 unspecified atom stereocenters. The zero-order chi connectivity index (χ0) is 18.1. The Kier molecular flexibility index (Phi) is 4.26. The highest BCUT2D eigenvalue weighted by Crippen LogP contribution is 2.38. The molecular weight excluding hydrogens is 348 g/mol. The second-order valence-corrected chi connectivity index (χ2v) is 7.17. The van der Waals surface area contributed by atoms with Gasteiger partial charge < -0.3 is 4.90 Å². The van der Waals surface area contributed by atoms with E-state index in [1.807, 2.05) is 35.2 Å². The van der Waals surface area contributed by atoms with E-state index < -0.39 is 4.92 Å². The van der Waals surface area contributed by atoms with E-state index in [1.165, 1.54) is 34.7 Å². The first-order valence-electron chi connectivity index (χ1n) is 8.32. The molecular formula is C20H16N2O3S. The fraction of sp³-hybridized carbons (Fsp3) is 0.150. The molecule has 0 radical (unpaired) electrons. The molecule has 0 aliphatic carbocycles. The Balaban J connectivity index is 1.72. The maximum absolute atomic E-state index is 13.2. The van der Waals surface area contributed by atoms with Crippen LogP contribution in [-0.2, 0) is 6.42 Å². The SMILES string of the molecule is O=C(c1ccc([N+](=O)[O-])cc1)N1CCc2sccc2C1c1ccccc1. The Morgan fingerprint density at radius 2 is 1.81 bits per heavy atom. The number of hydrogen-bond acceptors (Lipinski definition) is 4. The molecule has 5 nitrogen and oxygen atoms in total. The van der Waals surface area contributed by atoms with E-state index in [2.05, 4.69) is 11.4 Å². The summed E-state index contributed by atoms with van der Waals surface area (Å²) in [5, 5.41) is 12.9. The molecule has 0 spiro atoms. The van der Waals surface area contributed by atoms with Crippen LogP contribution in [0.5, 0.6) is 0 Å². The van der Waals surface area contributed by atoms with Gasteiger partial charge in [-0.25, -0.2) is 0 Å². The summed E-state index contributed by atoms with van der Waals surface area (Å²) in [6.45, 7) is 0.628. The van der Waals surface area contributed by atoms with Crippen LogP contribution in [-0.4, -0.2) is 22.3 Å². The van der Waals surface area contributed by atoms with Gasteiger partial charge in [0.2, 0.25) is 0 Å². The number of amides is 1. The fourth-order valence-corrected chi connectivity index (χ4v) is 4.33.